The van der Waals surface area contributed by atoms with Crippen molar-refractivity contribution in [2.24, 2.45) is 0 Å². The van der Waals surface area contributed by atoms with Gasteiger partial charge in [-0.3, -0.25) is 14.5 Å². The number of carbonyl (C=O) groups excluding carboxylic acids is 2. The van der Waals surface area contributed by atoms with Crippen molar-refractivity contribution < 1.29 is 14.3 Å². The maximum Gasteiger partial charge on any atom is 0.320 e. The molecule has 0 N–H and O–H groups in total. The minimum Gasteiger partial charge on any atom is -0.465 e. The van der Waals surface area contributed by atoms with Gasteiger partial charge in [0.15, 0.2) is 0 Å². The Labute approximate surface area is 136 Å². The molecule has 0 heterocycles. The first-order valence-corrected chi connectivity index (χ1v) is 8.74. The van der Waals surface area contributed by atoms with E-state index in [1.54, 1.807) is 0 Å². The second-order valence-corrected chi connectivity index (χ2v) is 5.51. The van der Waals surface area contributed by atoms with Gasteiger partial charge in [0.1, 0.15) is 0 Å². The summed E-state index contributed by atoms with van der Waals surface area (Å²) in [5.74, 6) is 0.0446. The molecule has 0 atom stereocenters. The summed E-state index contributed by atoms with van der Waals surface area (Å²) in [6.07, 6.45) is 4.80. The minimum atomic E-state index is -0.194. The zero-order valence-corrected chi connectivity index (χ0v) is 14.9. The monoisotopic (exact) mass is 314 g/mol. The average molecular weight is 314 g/mol. The molecule has 0 aromatic carbocycles. The van der Waals surface area contributed by atoms with Gasteiger partial charge in [0, 0.05) is 26.1 Å². The Morgan fingerprint density at radius 3 is 2.18 bits per heavy atom. The predicted octanol–water partition coefficient (Wildman–Crippen LogP) is 2.69. The van der Waals surface area contributed by atoms with E-state index in [0.29, 0.717) is 26.1 Å². The van der Waals surface area contributed by atoms with Crippen LogP contribution in [0.25, 0.3) is 0 Å². The first-order chi connectivity index (χ1) is 10.6. The fourth-order valence-corrected chi connectivity index (χ4v) is 2.32. The van der Waals surface area contributed by atoms with E-state index in [4.69, 9.17) is 4.74 Å². The lowest BCUT2D eigenvalue weighted by Crippen LogP contribution is -2.41. The number of esters is 1. The summed E-state index contributed by atoms with van der Waals surface area (Å²) in [5.41, 5.74) is 0. The van der Waals surface area contributed by atoms with E-state index >= 15 is 0 Å². The summed E-state index contributed by atoms with van der Waals surface area (Å²) in [5, 5.41) is 0. The molecule has 5 nitrogen and oxygen atoms in total. The number of carbonyl (C=O) groups is 2. The number of unbranched alkanes of at least 4 members (excludes halogenated alkanes) is 2. The van der Waals surface area contributed by atoms with Crippen molar-refractivity contribution >= 4 is 11.9 Å². The standard InChI is InChI=1S/C17H34N2O3/c1-5-9-10-11-16(20)19(12-6-2)14-13-18(7-3)15-17(21)22-8-4/h5-15H2,1-4H3. The zero-order chi connectivity index (χ0) is 16.8. The van der Waals surface area contributed by atoms with Crippen molar-refractivity contribution in [2.75, 3.05) is 39.3 Å². The first kappa shape index (κ1) is 20.9. The molecule has 0 aromatic heterocycles. The van der Waals surface area contributed by atoms with Crippen LogP contribution in [0.5, 0.6) is 0 Å². The third-order valence-electron chi connectivity index (χ3n) is 3.63. The Balaban J connectivity index is 4.29. The van der Waals surface area contributed by atoms with Crippen molar-refractivity contribution in [3.8, 4) is 0 Å². The van der Waals surface area contributed by atoms with Gasteiger partial charge < -0.3 is 9.64 Å². The number of likely N-dealkylation sites (N-methyl/N-ethyl adjacent to an activating group) is 1. The lowest BCUT2D eigenvalue weighted by molar-refractivity contribution is -0.144. The molecule has 0 aromatic rings. The molecule has 0 saturated carbocycles. The normalized spacial score (nSPS) is 10.8. The van der Waals surface area contributed by atoms with Crippen LogP contribution < -0.4 is 0 Å². The van der Waals surface area contributed by atoms with E-state index in [1.165, 1.54) is 0 Å². The number of rotatable bonds is 13. The van der Waals surface area contributed by atoms with Gasteiger partial charge in [0.25, 0.3) is 0 Å². The lowest BCUT2D eigenvalue weighted by Gasteiger charge is -2.26. The highest BCUT2D eigenvalue weighted by atomic mass is 16.5. The maximum absolute atomic E-state index is 12.2. The molecule has 0 spiro atoms. The van der Waals surface area contributed by atoms with Crippen molar-refractivity contribution in [1.82, 2.24) is 9.80 Å². The van der Waals surface area contributed by atoms with Crippen molar-refractivity contribution in [3.63, 3.8) is 0 Å². The van der Waals surface area contributed by atoms with E-state index in [0.717, 1.165) is 45.3 Å². The van der Waals surface area contributed by atoms with E-state index in [2.05, 4.69) is 13.8 Å². The second-order valence-electron chi connectivity index (χ2n) is 5.51. The summed E-state index contributed by atoms with van der Waals surface area (Å²) in [6, 6.07) is 0. The highest BCUT2D eigenvalue weighted by Gasteiger charge is 2.15. The fraction of sp³-hybridized carbons (Fsp3) is 0.882. The largest absolute Gasteiger partial charge is 0.465 e. The number of nitrogens with zero attached hydrogens (tertiary/aromatic N) is 2. The van der Waals surface area contributed by atoms with E-state index < -0.39 is 0 Å². The topological polar surface area (TPSA) is 49.9 Å². The predicted molar refractivity (Wildman–Crippen MR) is 89.8 cm³/mol. The third kappa shape index (κ3) is 9.77. The molecule has 5 heteroatoms. The van der Waals surface area contributed by atoms with E-state index in [9.17, 15) is 9.59 Å². The smallest absolute Gasteiger partial charge is 0.320 e. The molecule has 0 unspecified atom stereocenters. The molecule has 0 bridgehead atoms. The summed E-state index contributed by atoms with van der Waals surface area (Å²) in [6.45, 7) is 11.7. The van der Waals surface area contributed by atoms with Gasteiger partial charge in [-0.05, 0) is 26.3 Å². The summed E-state index contributed by atoms with van der Waals surface area (Å²) in [4.78, 5) is 27.8. The van der Waals surface area contributed by atoms with E-state index in [1.807, 2.05) is 23.6 Å². The molecule has 0 fully saturated rings. The second kappa shape index (κ2) is 13.6. The van der Waals surface area contributed by atoms with Crippen LogP contribution in [0.4, 0.5) is 0 Å². The van der Waals surface area contributed by atoms with Crippen LogP contribution in [0.15, 0.2) is 0 Å². The first-order valence-electron chi connectivity index (χ1n) is 8.74. The van der Waals surface area contributed by atoms with Crippen LogP contribution in [0.2, 0.25) is 0 Å². The Morgan fingerprint density at radius 2 is 1.64 bits per heavy atom. The van der Waals surface area contributed by atoms with Crippen LogP contribution in [0, 0.1) is 0 Å². The molecule has 22 heavy (non-hydrogen) atoms. The lowest BCUT2D eigenvalue weighted by atomic mass is 10.2. The molecule has 1 amide bonds. The van der Waals surface area contributed by atoms with Gasteiger partial charge in [-0.25, -0.2) is 0 Å². The molecule has 0 rings (SSSR count). The molecular formula is C17H34N2O3. The summed E-state index contributed by atoms with van der Waals surface area (Å²) in [7, 11) is 0. The van der Waals surface area contributed by atoms with Gasteiger partial charge in [-0.2, -0.15) is 0 Å². The highest BCUT2D eigenvalue weighted by Crippen LogP contribution is 2.05. The molecule has 0 aliphatic rings. The third-order valence-corrected chi connectivity index (χ3v) is 3.63. The van der Waals surface area contributed by atoms with Crippen LogP contribution in [0.3, 0.4) is 0 Å². The number of ether oxygens (including phenoxy) is 1. The molecule has 130 valence electrons. The fourth-order valence-electron chi connectivity index (χ4n) is 2.32. The zero-order valence-electron chi connectivity index (χ0n) is 14.9. The van der Waals surface area contributed by atoms with Gasteiger partial charge in [-0.15, -0.1) is 0 Å². The maximum atomic E-state index is 12.2. The van der Waals surface area contributed by atoms with Crippen molar-refractivity contribution in [2.45, 2.75) is 59.8 Å². The number of amides is 1. The van der Waals surface area contributed by atoms with Crippen LogP contribution in [-0.2, 0) is 14.3 Å². The average Bonchev–Trinajstić information content (AvgIpc) is 2.50. The van der Waals surface area contributed by atoms with Crippen molar-refractivity contribution in [1.29, 1.82) is 0 Å². The van der Waals surface area contributed by atoms with E-state index in [-0.39, 0.29) is 11.9 Å². The molecule has 0 saturated heterocycles. The highest BCUT2D eigenvalue weighted by molar-refractivity contribution is 5.76. The van der Waals surface area contributed by atoms with Gasteiger partial charge >= 0.3 is 5.97 Å². The quantitative estimate of drug-likeness (QED) is 0.387. The molecular weight excluding hydrogens is 280 g/mol. The minimum absolute atomic E-state index is 0.194. The van der Waals surface area contributed by atoms with Gasteiger partial charge in [0.05, 0.1) is 13.2 Å². The SMILES string of the molecule is CCCCCC(=O)N(CCC)CCN(CC)CC(=O)OCC. The molecule has 0 radical (unpaired) electrons. The van der Waals surface area contributed by atoms with Crippen LogP contribution in [-0.4, -0.2) is 61.0 Å². The number of hydrogen-bond acceptors (Lipinski definition) is 4. The summed E-state index contributed by atoms with van der Waals surface area (Å²) < 4.78 is 4.98. The summed E-state index contributed by atoms with van der Waals surface area (Å²) >= 11 is 0. The molecule has 0 aliphatic heterocycles. The van der Waals surface area contributed by atoms with Crippen LogP contribution >= 0.6 is 0 Å². The van der Waals surface area contributed by atoms with Gasteiger partial charge in [-0.1, -0.05) is 33.6 Å². The Hall–Kier alpha value is -1.10. The van der Waals surface area contributed by atoms with Crippen LogP contribution in [0.1, 0.15) is 59.8 Å². The van der Waals surface area contributed by atoms with Gasteiger partial charge in [0.2, 0.25) is 5.91 Å². The molecule has 0 aliphatic carbocycles. The Kier molecular flexibility index (Phi) is 12.9. The van der Waals surface area contributed by atoms with Crippen molar-refractivity contribution in [3.05, 3.63) is 0 Å². The Morgan fingerprint density at radius 1 is 0.909 bits per heavy atom. The Bertz CT molecular complexity index is 308. The number of hydrogen-bond donors (Lipinski definition) is 0.